The molecule has 0 spiro atoms. The minimum atomic E-state index is -1.17. The van der Waals surface area contributed by atoms with Crippen molar-refractivity contribution < 1.29 is 14.7 Å². The van der Waals surface area contributed by atoms with Gasteiger partial charge in [-0.15, -0.1) is 0 Å². The number of pyridine rings is 1. The summed E-state index contributed by atoms with van der Waals surface area (Å²) in [5.41, 5.74) is 1.59. The van der Waals surface area contributed by atoms with Crippen LogP contribution in [-0.2, 0) is 9.59 Å². The smallest absolute Gasteiger partial charge is 0.228 e. The second-order valence-electron chi connectivity index (χ2n) is 5.26. The quantitative estimate of drug-likeness (QED) is 0.832. The molecule has 1 aromatic heterocycles. The monoisotopic (exact) mass is 273 g/mol. The summed E-state index contributed by atoms with van der Waals surface area (Å²) in [6.45, 7) is 3.71. The highest BCUT2D eigenvalue weighted by Gasteiger charge is 2.35. The van der Waals surface area contributed by atoms with Crippen molar-refractivity contribution >= 4 is 17.6 Å². The van der Waals surface area contributed by atoms with Crippen molar-refractivity contribution in [2.24, 2.45) is 17.8 Å². The molecule has 0 fully saturated rings. The molecule has 1 aliphatic rings. The summed E-state index contributed by atoms with van der Waals surface area (Å²) in [7, 11) is 0. The van der Waals surface area contributed by atoms with Gasteiger partial charge in [0.1, 0.15) is 0 Å². The molecule has 106 valence electrons. The molecule has 20 heavy (non-hydrogen) atoms. The number of carboxylic acids is 1. The summed E-state index contributed by atoms with van der Waals surface area (Å²) in [5, 5.41) is 14.0. The molecule has 0 saturated heterocycles. The van der Waals surface area contributed by atoms with Crippen LogP contribution in [0, 0.1) is 17.8 Å². The Morgan fingerprint density at radius 2 is 2.20 bits per heavy atom. The Hall–Kier alpha value is -2.17. The predicted octanol–water partition coefficient (Wildman–Crippen LogP) is 0.988. The van der Waals surface area contributed by atoms with Gasteiger partial charge in [-0.1, -0.05) is 18.6 Å². The van der Waals surface area contributed by atoms with Crippen molar-refractivity contribution in [3.63, 3.8) is 0 Å². The Labute approximate surface area is 117 Å². The molecule has 5 nitrogen and oxygen atoms in total. The molecule has 0 aliphatic heterocycles. The Morgan fingerprint density at radius 1 is 1.45 bits per heavy atom. The van der Waals surface area contributed by atoms with Crippen molar-refractivity contribution in [1.29, 1.82) is 0 Å². The number of carbonyl (C=O) groups excluding carboxylic acids is 2. The van der Waals surface area contributed by atoms with E-state index in [9.17, 15) is 14.7 Å². The molecule has 0 radical (unpaired) electrons. The SMILES string of the molecule is CC1=C[C@@H](C)[C@@H](C(=O)[O-])[C@H](C(=O)Nc2cccnc2)C1. The molecule has 0 aromatic carbocycles. The van der Waals surface area contributed by atoms with Gasteiger partial charge in [-0.25, -0.2) is 0 Å². The van der Waals surface area contributed by atoms with E-state index in [0.29, 0.717) is 12.1 Å². The molecule has 0 saturated carbocycles. The van der Waals surface area contributed by atoms with Crippen LogP contribution < -0.4 is 10.4 Å². The maximum absolute atomic E-state index is 12.3. The first-order valence-electron chi connectivity index (χ1n) is 6.58. The van der Waals surface area contributed by atoms with E-state index in [0.717, 1.165) is 5.57 Å². The third-order valence-corrected chi connectivity index (χ3v) is 3.63. The van der Waals surface area contributed by atoms with Crippen molar-refractivity contribution in [3.05, 3.63) is 36.2 Å². The normalized spacial score (nSPS) is 25.7. The van der Waals surface area contributed by atoms with Gasteiger partial charge in [0.2, 0.25) is 5.91 Å². The molecule has 1 amide bonds. The van der Waals surface area contributed by atoms with Crippen LogP contribution in [0.1, 0.15) is 20.3 Å². The van der Waals surface area contributed by atoms with Crippen LogP contribution in [0.3, 0.4) is 0 Å². The third-order valence-electron chi connectivity index (χ3n) is 3.63. The van der Waals surface area contributed by atoms with Gasteiger partial charge >= 0.3 is 0 Å². The number of hydrogen-bond acceptors (Lipinski definition) is 4. The molecule has 1 heterocycles. The average Bonchev–Trinajstić information content (AvgIpc) is 2.38. The predicted molar refractivity (Wildman–Crippen MR) is 72.4 cm³/mol. The maximum Gasteiger partial charge on any atom is 0.228 e. The van der Waals surface area contributed by atoms with Crippen LogP contribution in [0.25, 0.3) is 0 Å². The van der Waals surface area contributed by atoms with Crippen LogP contribution in [0.4, 0.5) is 5.69 Å². The molecule has 2 rings (SSSR count). The lowest BCUT2D eigenvalue weighted by Crippen LogP contribution is -2.45. The van der Waals surface area contributed by atoms with Gasteiger partial charge in [0.25, 0.3) is 0 Å². The number of carboxylic acid groups (broad SMARTS) is 1. The summed E-state index contributed by atoms with van der Waals surface area (Å²) in [6, 6.07) is 3.42. The van der Waals surface area contributed by atoms with E-state index in [4.69, 9.17) is 0 Å². The summed E-state index contributed by atoms with van der Waals surface area (Å²) in [4.78, 5) is 27.5. The minimum absolute atomic E-state index is 0.210. The first kappa shape index (κ1) is 14.2. The maximum atomic E-state index is 12.3. The standard InChI is InChI=1S/C15H18N2O3/c1-9-6-10(2)13(15(19)20)12(7-9)14(18)17-11-4-3-5-16-8-11/h3-6,8,10,12-13H,7H2,1-2H3,(H,17,18)(H,19,20)/p-1/t10-,12-,13-/m1/s1. The van der Waals surface area contributed by atoms with Crippen LogP contribution in [0.15, 0.2) is 36.2 Å². The van der Waals surface area contributed by atoms with E-state index in [1.807, 2.05) is 13.0 Å². The van der Waals surface area contributed by atoms with E-state index >= 15 is 0 Å². The van der Waals surface area contributed by atoms with E-state index in [-0.39, 0.29) is 11.8 Å². The number of carbonyl (C=O) groups is 2. The second-order valence-corrected chi connectivity index (χ2v) is 5.26. The fourth-order valence-corrected chi connectivity index (χ4v) is 2.77. The third kappa shape index (κ3) is 3.04. The lowest BCUT2D eigenvalue weighted by Gasteiger charge is -2.34. The highest BCUT2D eigenvalue weighted by molar-refractivity contribution is 5.95. The van der Waals surface area contributed by atoms with Gasteiger partial charge in [-0.05, 0) is 31.4 Å². The molecule has 5 heteroatoms. The lowest BCUT2D eigenvalue weighted by molar-refractivity contribution is -0.314. The number of rotatable bonds is 3. The Bertz CT molecular complexity index is 539. The van der Waals surface area contributed by atoms with E-state index in [1.54, 1.807) is 25.3 Å². The molecule has 0 bridgehead atoms. The van der Waals surface area contributed by atoms with Gasteiger partial charge in [-0.2, -0.15) is 0 Å². The molecule has 3 atom stereocenters. The van der Waals surface area contributed by atoms with Crippen molar-refractivity contribution in [2.75, 3.05) is 5.32 Å². The largest absolute Gasteiger partial charge is 0.550 e. The Balaban J connectivity index is 2.18. The van der Waals surface area contributed by atoms with Crippen LogP contribution >= 0.6 is 0 Å². The number of amides is 1. The molecule has 1 N–H and O–H groups in total. The molecular weight excluding hydrogens is 256 g/mol. The number of allylic oxidation sites excluding steroid dienone is 2. The molecule has 1 aromatic rings. The van der Waals surface area contributed by atoms with Gasteiger partial charge in [-0.3, -0.25) is 9.78 Å². The van der Waals surface area contributed by atoms with Gasteiger partial charge in [0.15, 0.2) is 0 Å². The van der Waals surface area contributed by atoms with Gasteiger partial charge < -0.3 is 15.2 Å². The van der Waals surface area contributed by atoms with Gasteiger partial charge in [0.05, 0.1) is 17.8 Å². The van der Waals surface area contributed by atoms with Crippen molar-refractivity contribution in [1.82, 2.24) is 4.98 Å². The Kier molecular flexibility index (Phi) is 4.17. The molecular formula is C15H17N2O3-. The minimum Gasteiger partial charge on any atom is -0.550 e. The topological polar surface area (TPSA) is 82.1 Å². The number of nitrogens with zero attached hydrogens (tertiary/aromatic N) is 1. The summed E-state index contributed by atoms with van der Waals surface area (Å²) < 4.78 is 0. The summed E-state index contributed by atoms with van der Waals surface area (Å²) >= 11 is 0. The summed E-state index contributed by atoms with van der Waals surface area (Å²) in [5.74, 6) is -3.09. The number of aromatic nitrogens is 1. The highest BCUT2D eigenvalue weighted by Crippen LogP contribution is 2.34. The highest BCUT2D eigenvalue weighted by atomic mass is 16.4. The number of hydrogen-bond donors (Lipinski definition) is 1. The average molecular weight is 273 g/mol. The molecule has 0 unspecified atom stereocenters. The fourth-order valence-electron chi connectivity index (χ4n) is 2.77. The Morgan fingerprint density at radius 3 is 2.80 bits per heavy atom. The van der Waals surface area contributed by atoms with Crippen molar-refractivity contribution in [3.8, 4) is 0 Å². The van der Waals surface area contributed by atoms with Crippen LogP contribution in [-0.4, -0.2) is 16.9 Å². The zero-order chi connectivity index (χ0) is 14.7. The molecule has 1 aliphatic carbocycles. The number of nitrogens with one attached hydrogen (secondary N) is 1. The number of anilines is 1. The van der Waals surface area contributed by atoms with Gasteiger partial charge in [0, 0.05) is 18.1 Å². The van der Waals surface area contributed by atoms with Crippen LogP contribution in [0.5, 0.6) is 0 Å². The second kappa shape index (κ2) is 5.86. The fraction of sp³-hybridized carbons (Fsp3) is 0.400. The van der Waals surface area contributed by atoms with E-state index in [2.05, 4.69) is 10.3 Å². The first-order valence-corrected chi connectivity index (χ1v) is 6.58. The van der Waals surface area contributed by atoms with E-state index in [1.165, 1.54) is 6.20 Å². The zero-order valence-electron chi connectivity index (χ0n) is 11.5. The summed E-state index contributed by atoms with van der Waals surface area (Å²) in [6.07, 6.45) is 5.47. The number of aliphatic carboxylic acids is 1. The lowest BCUT2D eigenvalue weighted by atomic mass is 9.73. The van der Waals surface area contributed by atoms with Crippen LogP contribution in [0.2, 0.25) is 0 Å². The van der Waals surface area contributed by atoms with E-state index < -0.39 is 17.8 Å². The van der Waals surface area contributed by atoms with Crippen molar-refractivity contribution in [2.45, 2.75) is 20.3 Å². The zero-order valence-corrected chi connectivity index (χ0v) is 11.5. The first-order chi connectivity index (χ1) is 9.49.